The molecule has 0 aliphatic heterocycles. The molecule has 0 aromatic rings. The quantitative estimate of drug-likeness (QED) is 0.427. The molecule has 2 rings (SSSR count). The van der Waals surface area contributed by atoms with Gasteiger partial charge in [-0.15, -0.1) is 0 Å². The Balaban J connectivity index is 1.71. The number of carbonyl (C=O) groups is 3. The fraction of sp³-hybridized carbons (Fsp3) is 0.800. The lowest BCUT2D eigenvalue weighted by Gasteiger charge is -2.19. The molecule has 2 aliphatic rings. The van der Waals surface area contributed by atoms with Crippen molar-refractivity contribution in [2.24, 2.45) is 23.3 Å². The second-order valence-electron chi connectivity index (χ2n) is 6.21. The van der Waals surface area contributed by atoms with Gasteiger partial charge in [-0.3, -0.25) is 4.79 Å². The molecule has 23 heavy (non-hydrogen) atoms. The molecule has 0 amide bonds. The van der Waals surface area contributed by atoms with Crippen LogP contribution in [0.5, 0.6) is 0 Å². The van der Waals surface area contributed by atoms with E-state index < -0.39 is 30.0 Å². The number of nitrogens with two attached hydrogens (primary N) is 2. The van der Waals surface area contributed by atoms with Crippen molar-refractivity contribution in [3.05, 3.63) is 0 Å². The molecule has 8 heteroatoms. The van der Waals surface area contributed by atoms with Gasteiger partial charge in [0.05, 0.1) is 26.2 Å². The number of hydrogen-bond donors (Lipinski definition) is 2. The Labute approximate surface area is 134 Å². The number of hydrogen-bond acceptors (Lipinski definition) is 8. The highest BCUT2D eigenvalue weighted by Crippen LogP contribution is 2.46. The van der Waals surface area contributed by atoms with Crippen molar-refractivity contribution in [1.29, 1.82) is 0 Å². The van der Waals surface area contributed by atoms with Gasteiger partial charge in [-0.25, -0.2) is 9.59 Å². The fourth-order valence-corrected chi connectivity index (χ4v) is 2.39. The van der Waals surface area contributed by atoms with Crippen LogP contribution in [-0.4, -0.2) is 49.8 Å². The van der Waals surface area contributed by atoms with E-state index in [1.165, 1.54) is 7.11 Å². The Morgan fingerprint density at radius 1 is 1.00 bits per heavy atom. The summed E-state index contributed by atoms with van der Waals surface area (Å²) in [6.07, 6.45) is 4.42. The van der Waals surface area contributed by atoms with Gasteiger partial charge in [0, 0.05) is 0 Å². The van der Waals surface area contributed by atoms with Crippen LogP contribution in [0, 0.1) is 11.8 Å². The minimum absolute atomic E-state index is 0.00994. The average Bonchev–Trinajstić information content (AvgIpc) is 3.39. The number of rotatable bonds is 9. The van der Waals surface area contributed by atoms with Crippen LogP contribution in [0.25, 0.3) is 0 Å². The van der Waals surface area contributed by atoms with Crippen molar-refractivity contribution in [3.63, 3.8) is 0 Å². The predicted molar refractivity (Wildman–Crippen MR) is 78.9 cm³/mol. The number of esters is 3. The van der Waals surface area contributed by atoms with Crippen LogP contribution < -0.4 is 11.5 Å². The van der Waals surface area contributed by atoms with E-state index in [1.807, 2.05) is 0 Å². The maximum Gasteiger partial charge on any atom is 0.333 e. The Hall–Kier alpha value is -1.51. The van der Waals surface area contributed by atoms with Crippen molar-refractivity contribution < 1.29 is 28.6 Å². The molecule has 2 fully saturated rings. The Bertz CT molecular complexity index is 449. The third-order valence-corrected chi connectivity index (χ3v) is 4.06. The molecule has 0 radical (unpaired) electrons. The zero-order chi connectivity index (χ0) is 17.0. The standard InChI is InChI=1S/C15H24N2O6/c1-21-12(18)6-10(16)14(19)23-15(20)11(17)7-22-13(8-2-3-8)9-4-5-9/h8-11,13H,2-7,16-17H2,1H3/t10-,11-/m0/s1. The molecule has 0 unspecified atom stereocenters. The van der Waals surface area contributed by atoms with Crippen molar-refractivity contribution in [2.45, 2.75) is 50.3 Å². The molecule has 2 saturated carbocycles. The number of methoxy groups -OCH3 is 1. The number of carbonyl (C=O) groups excluding carboxylic acids is 3. The summed E-state index contributed by atoms with van der Waals surface area (Å²) in [4.78, 5) is 34.4. The minimum Gasteiger partial charge on any atom is -0.469 e. The summed E-state index contributed by atoms with van der Waals surface area (Å²) in [5, 5.41) is 0. The lowest BCUT2D eigenvalue weighted by Crippen LogP contribution is -2.43. The first-order valence-corrected chi connectivity index (χ1v) is 7.87. The second kappa shape index (κ2) is 7.85. The molecule has 130 valence electrons. The van der Waals surface area contributed by atoms with Crippen LogP contribution in [-0.2, 0) is 28.6 Å². The average molecular weight is 328 g/mol. The molecule has 0 saturated heterocycles. The van der Waals surface area contributed by atoms with E-state index in [1.54, 1.807) is 0 Å². The monoisotopic (exact) mass is 328 g/mol. The van der Waals surface area contributed by atoms with Gasteiger partial charge in [0.1, 0.15) is 12.1 Å². The summed E-state index contributed by atoms with van der Waals surface area (Å²) in [7, 11) is 1.18. The van der Waals surface area contributed by atoms with Gasteiger partial charge in [-0.1, -0.05) is 0 Å². The summed E-state index contributed by atoms with van der Waals surface area (Å²) >= 11 is 0. The van der Waals surface area contributed by atoms with Crippen LogP contribution in [0.2, 0.25) is 0 Å². The molecule has 2 aliphatic carbocycles. The van der Waals surface area contributed by atoms with Crippen LogP contribution >= 0.6 is 0 Å². The molecule has 0 aromatic heterocycles. The van der Waals surface area contributed by atoms with Crippen LogP contribution in [0.3, 0.4) is 0 Å². The van der Waals surface area contributed by atoms with E-state index in [-0.39, 0.29) is 19.1 Å². The summed E-state index contributed by atoms with van der Waals surface area (Å²) in [6.45, 7) is 0.00994. The highest BCUT2D eigenvalue weighted by Gasteiger charge is 2.42. The van der Waals surface area contributed by atoms with E-state index in [0.717, 1.165) is 25.7 Å². The molecule has 4 N–H and O–H groups in total. The van der Waals surface area contributed by atoms with Gasteiger partial charge in [-0.2, -0.15) is 0 Å². The highest BCUT2D eigenvalue weighted by atomic mass is 16.6. The molecular formula is C15H24N2O6. The first kappa shape index (κ1) is 17.8. The Morgan fingerprint density at radius 3 is 2.00 bits per heavy atom. The van der Waals surface area contributed by atoms with E-state index in [9.17, 15) is 14.4 Å². The molecule has 0 spiro atoms. The normalized spacial score (nSPS) is 20.0. The maximum absolute atomic E-state index is 11.8. The van der Waals surface area contributed by atoms with E-state index in [2.05, 4.69) is 9.47 Å². The van der Waals surface area contributed by atoms with Crippen LogP contribution in [0.1, 0.15) is 32.1 Å². The van der Waals surface area contributed by atoms with E-state index >= 15 is 0 Å². The van der Waals surface area contributed by atoms with Crippen molar-refractivity contribution >= 4 is 17.9 Å². The lowest BCUT2D eigenvalue weighted by atomic mass is 10.1. The maximum atomic E-state index is 11.8. The number of ether oxygens (including phenoxy) is 3. The van der Waals surface area contributed by atoms with E-state index in [4.69, 9.17) is 16.2 Å². The zero-order valence-corrected chi connectivity index (χ0v) is 13.2. The fourth-order valence-electron chi connectivity index (χ4n) is 2.39. The molecule has 2 atom stereocenters. The van der Waals surface area contributed by atoms with Gasteiger partial charge in [-0.05, 0) is 37.5 Å². The summed E-state index contributed by atoms with van der Waals surface area (Å²) in [6, 6.07) is -2.31. The highest BCUT2D eigenvalue weighted by molar-refractivity contribution is 5.92. The molecule has 0 bridgehead atoms. The van der Waals surface area contributed by atoms with E-state index in [0.29, 0.717) is 11.8 Å². The SMILES string of the molecule is COC(=O)C[C@H](N)C(=O)OC(=O)[C@@H](N)COC(C1CC1)C1CC1. The Morgan fingerprint density at radius 2 is 1.52 bits per heavy atom. The topological polar surface area (TPSA) is 131 Å². The predicted octanol–water partition coefficient (Wildman–Crippen LogP) is -0.521. The third-order valence-electron chi connectivity index (χ3n) is 4.06. The van der Waals surface area contributed by atoms with Crippen LogP contribution in [0.4, 0.5) is 0 Å². The van der Waals surface area contributed by atoms with Gasteiger partial charge < -0.3 is 25.7 Å². The Kier molecular flexibility index (Phi) is 6.09. The summed E-state index contributed by atoms with van der Waals surface area (Å²) in [5.41, 5.74) is 11.2. The largest absolute Gasteiger partial charge is 0.469 e. The second-order valence-corrected chi connectivity index (χ2v) is 6.21. The third kappa shape index (κ3) is 5.56. The smallest absolute Gasteiger partial charge is 0.333 e. The van der Waals surface area contributed by atoms with Crippen LogP contribution in [0.15, 0.2) is 0 Å². The molecule has 8 nitrogen and oxygen atoms in total. The van der Waals surface area contributed by atoms with Crippen molar-refractivity contribution in [2.75, 3.05) is 13.7 Å². The summed E-state index contributed by atoms with van der Waals surface area (Å²) in [5.74, 6) is -1.43. The van der Waals surface area contributed by atoms with Gasteiger partial charge in [0.25, 0.3) is 0 Å². The van der Waals surface area contributed by atoms with Crippen molar-refractivity contribution in [1.82, 2.24) is 0 Å². The lowest BCUT2D eigenvalue weighted by molar-refractivity contribution is -0.164. The zero-order valence-electron chi connectivity index (χ0n) is 13.2. The summed E-state index contributed by atoms with van der Waals surface area (Å²) < 4.78 is 14.7. The molecule has 0 aromatic carbocycles. The van der Waals surface area contributed by atoms with Gasteiger partial charge in [0.15, 0.2) is 0 Å². The molecular weight excluding hydrogens is 304 g/mol. The van der Waals surface area contributed by atoms with Gasteiger partial charge >= 0.3 is 17.9 Å². The van der Waals surface area contributed by atoms with Gasteiger partial charge in [0.2, 0.25) is 0 Å². The van der Waals surface area contributed by atoms with Crippen molar-refractivity contribution in [3.8, 4) is 0 Å². The first-order chi connectivity index (χ1) is 10.9. The molecule has 0 heterocycles. The first-order valence-electron chi connectivity index (χ1n) is 7.87. The minimum atomic E-state index is -1.26.